The Hall–Kier alpha value is -0.120. The van der Waals surface area contributed by atoms with Gasteiger partial charge in [0.15, 0.2) is 0 Å². The van der Waals surface area contributed by atoms with Gasteiger partial charge in [-0.05, 0) is 58.8 Å². The van der Waals surface area contributed by atoms with Crippen molar-refractivity contribution >= 4 is 0 Å². The second-order valence-electron chi connectivity index (χ2n) is 5.14. The molecule has 3 nitrogen and oxygen atoms in total. The second kappa shape index (κ2) is 5.83. The van der Waals surface area contributed by atoms with E-state index >= 15 is 0 Å². The molecule has 2 aliphatic heterocycles. The minimum Gasteiger partial charge on any atom is -0.314 e. The van der Waals surface area contributed by atoms with Gasteiger partial charge in [-0.2, -0.15) is 0 Å². The first-order chi connectivity index (χ1) is 7.34. The summed E-state index contributed by atoms with van der Waals surface area (Å²) in [5.41, 5.74) is 0. The summed E-state index contributed by atoms with van der Waals surface area (Å²) >= 11 is 0. The molecule has 2 aliphatic rings. The molecule has 88 valence electrons. The van der Waals surface area contributed by atoms with Crippen molar-refractivity contribution in [3.05, 3.63) is 0 Å². The molecule has 3 heteroatoms. The van der Waals surface area contributed by atoms with Crippen LogP contribution in [0.2, 0.25) is 0 Å². The number of nitrogens with zero attached hydrogens (tertiary/aromatic N) is 1. The standard InChI is InChI=1S/C12H25N3/c1-15-9-3-5-12(10-15)14-8-6-11-4-2-7-13-11/h11-14H,2-10H2,1H3. The van der Waals surface area contributed by atoms with Gasteiger partial charge in [0.1, 0.15) is 0 Å². The number of hydrogen-bond donors (Lipinski definition) is 2. The maximum atomic E-state index is 3.70. The first-order valence-electron chi connectivity index (χ1n) is 6.50. The first-order valence-corrected chi connectivity index (χ1v) is 6.50. The van der Waals surface area contributed by atoms with Crippen molar-refractivity contribution in [2.75, 3.05) is 33.2 Å². The highest BCUT2D eigenvalue weighted by Crippen LogP contribution is 2.10. The van der Waals surface area contributed by atoms with Crippen LogP contribution >= 0.6 is 0 Å². The Labute approximate surface area is 93.6 Å². The fourth-order valence-corrected chi connectivity index (χ4v) is 2.80. The van der Waals surface area contributed by atoms with E-state index in [1.54, 1.807) is 0 Å². The average molecular weight is 211 g/mol. The van der Waals surface area contributed by atoms with Gasteiger partial charge in [-0.15, -0.1) is 0 Å². The zero-order valence-corrected chi connectivity index (χ0v) is 9.97. The molecule has 2 unspecified atom stereocenters. The molecule has 2 heterocycles. The molecule has 0 aromatic carbocycles. The zero-order chi connectivity index (χ0) is 10.5. The van der Waals surface area contributed by atoms with Crippen molar-refractivity contribution in [2.45, 2.75) is 44.2 Å². The molecule has 0 saturated carbocycles. The topological polar surface area (TPSA) is 27.3 Å². The Morgan fingerprint density at radius 3 is 3.00 bits per heavy atom. The molecular formula is C12H25N3. The maximum absolute atomic E-state index is 3.70. The van der Waals surface area contributed by atoms with Crippen LogP contribution in [-0.2, 0) is 0 Å². The number of hydrogen-bond acceptors (Lipinski definition) is 3. The lowest BCUT2D eigenvalue weighted by Crippen LogP contribution is -2.44. The van der Waals surface area contributed by atoms with Gasteiger partial charge in [-0.3, -0.25) is 0 Å². The molecule has 0 aromatic heterocycles. The van der Waals surface area contributed by atoms with E-state index in [4.69, 9.17) is 0 Å². The smallest absolute Gasteiger partial charge is 0.0195 e. The van der Waals surface area contributed by atoms with Crippen molar-refractivity contribution in [1.82, 2.24) is 15.5 Å². The molecule has 0 aromatic rings. The van der Waals surface area contributed by atoms with Gasteiger partial charge in [0.2, 0.25) is 0 Å². The first kappa shape index (κ1) is 11.4. The Morgan fingerprint density at radius 1 is 1.33 bits per heavy atom. The van der Waals surface area contributed by atoms with E-state index in [1.807, 2.05) is 0 Å². The van der Waals surface area contributed by atoms with Crippen LogP contribution in [-0.4, -0.2) is 50.2 Å². The summed E-state index contributed by atoms with van der Waals surface area (Å²) in [5, 5.41) is 7.25. The largest absolute Gasteiger partial charge is 0.314 e. The molecule has 0 aliphatic carbocycles. The molecule has 0 amide bonds. The van der Waals surface area contributed by atoms with Gasteiger partial charge < -0.3 is 15.5 Å². The van der Waals surface area contributed by atoms with Crippen LogP contribution < -0.4 is 10.6 Å². The minimum atomic E-state index is 0.741. The molecule has 2 rings (SSSR count). The third kappa shape index (κ3) is 3.74. The van der Waals surface area contributed by atoms with Crippen LogP contribution in [0.15, 0.2) is 0 Å². The summed E-state index contributed by atoms with van der Waals surface area (Å²) in [6.07, 6.45) is 6.78. The molecular weight excluding hydrogens is 186 g/mol. The summed E-state index contributed by atoms with van der Waals surface area (Å²) in [4.78, 5) is 2.44. The van der Waals surface area contributed by atoms with E-state index in [-0.39, 0.29) is 0 Å². The third-order valence-electron chi connectivity index (χ3n) is 3.71. The van der Waals surface area contributed by atoms with E-state index < -0.39 is 0 Å². The summed E-state index contributed by atoms with van der Waals surface area (Å²) in [7, 11) is 2.23. The lowest BCUT2D eigenvalue weighted by molar-refractivity contribution is 0.226. The quantitative estimate of drug-likeness (QED) is 0.721. The van der Waals surface area contributed by atoms with Crippen molar-refractivity contribution in [2.24, 2.45) is 0 Å². The Kier molecular flexibility index (Phi) is 4.42. The van der Waals surface area contributed by atoms with Gasteiger partial charge in [0, 0.05) is 18.6 Å². The predicted octanol–water partition coefficient (Wildman–Crippen LogP) is 0.812. The number of piperidine rings is 1. The highest BCUT2D eigenvalue weighted by atomic mass is 15.1. The fraction of sp³-hybridized carbons (Fsp3) is 1.00. The van der Waals surface area contributed by atoms with Crippen LogP contribution in [0.25, 0.3) is 0 Å². The molecule has 2 fully saturated rings. The van der Waals surface area contributed by atoms with Gasteiger partial charge in [0.05, 0.1) is 0 Å². The molecule has 0 spiro atoms. The van der Waals surface area contributed by atoms with Crippen LogP contribution in [0.4, 0.5) is 0 Å². The summed E-state index contributed by atoms with van der Waals surface area (Å²) in [6.45, 7) is 4.94. The number of rotatable bonds is 4. The number of nitrogens with one attached hydrogen (secondary N) is 2. The lowest BCUT2D eigenvalue weighted by atomic mass is 10.1. The third-order valence-corrected chi connectivity index (χ3v) is 3.71. The van der Waals surface area contributed by atoms with Crippen LogP contribution in [0, 0.1) is 0 Å². The molecule has 0 bridgehead atoms. The van der Waals surface area contributed by atoms with E-state index in [1.165, 1.54) is 58.3 Å². The molecule has 2 saturated heterocycles. The summed E-state index contributed by atoms with van der Waals surface area (Å²) in [6, 6.07) is 1.53. The van der Waals surface area contributed by atoms with Gasteiger partial charge in [0.25, 0.3) is 0 Å². The average Bonchev–Trinajstić information content (AvgIpc) is 2.71. The van der Waals surface area contributed by atoms with Gasteiger partial charge in [-0.1, -0.05) is 0 Å². The van der Waals surface area contributed by atoms with Gasteiger partial charge >= 0.3 is 0 Å². The number of likely N-dealkylation sites (tertiary alicyclic amines) is 1. The SMILES string of the molecule is CN1CCCC(NCCC2CCCN2)C1. The fourth-order valence-electron chi connectivity index (χ4n) is 2.80. The highest BCUT2D eigenvalue weighted by molar-refractivity contribution is 4.79. The van der Waals surface area contributed by atoms with Crippen LogP contribution in [0.1, 0.15) is 32.1 Å². The van der Waals surface area contributed by atoms with Crippen molar-refractivity contribution in [1.29, 1.82) is 0 Å². The molecule has 2 atom stereocenters. The normalized spacial score (nSPS) is 33.4. The van der Waals surface area contributed by atoms with Crippen LogP contribution in [0.5, 0.6) is 0 Å². The maximum Gasteiger partial charge on any atom is 0.0195 e. The molecule has 2 N–H and O–H groups in total. The van der Waals surface area contributed by atoms with E-state index in [0.717, 1.165) is 12.1 Å². The Balaban J connectivity index is 1.56. The number of likely N-dealkylation sites (N-methyl/N-ethyl adjacent to an activating group) is 1. The predicted molar refractivity (Wildman–Crippen MR) is 64.2 cm³/mol. The van der Waals surface area contributed by atoms with E-state index in [9.17, 15) is 0 Å². The molecule has 0 radical (unpaired) electrons. The summed E-state index contributed by atoms with van der Waals surface area (Å²) < 4.78 is 0. The lowest BCUT2D eigenvalue weighted by Gasteiger charge is -2.30. The Morgan fingerprint density at radius 2 is 2.27 bits per heavy atom. The van der Waals surface area contributed by atoms with E-state index in [2.05, 4.69) is 22.6 Å². The highest BCUT2D eigenvalue weighted by Gasteiger charge is 2.17. The van der Waals surface area contributed by atoms with Crippen LogP contribution in [0.3, 0.4) is 0 Å². The van der Waals surface area contributed by atoms with Crippen molar-refractivity contribution in [3.63, 3.8) is 0 Å². The van der Waals surface area contributed by atoms with Gasteiger partial charge in [-0.25, -0.2) is 0 Å². The minimum absolute atomic E-state index is 0.741. The second-order valence-corrected chi connectivity index (χ2v) is 5.14. The molecule has 15 heavy (non-hydrogen) atoms. The summed E-state index contributed by atoms with van der Waals surface area (Å²) in [5.74, 6) is 0. The Bertz CT molecular complexity index is 178. The van der Waals surface area contributed by atoms with E-state index in [0.29, 0.717) is 0 Å². The van der Waals surface area contributed by atoms with Crippen molar-refractivity contribution < 1.29 is 0 Å². The van der Waals surface area contributed by atoms with Crippen molar-refractivity contribution in [3.8, 4) is 0 Å². The zero-order valence-electron chi connectivity index (χ0n) is 9.97. The monoisotopic (exact) mass is 211 g/mol.